The van der Waals surface area contributed by atoms with E-state index in [4.69, 9.17) is 4.98 Å². The molecule has 0 spiro atoms. The van der Waals surface area contributed by atoms with Crippen LogP contribution in [0.5, 0.6) is 5.75 Å². The molecule has 0 saturated heterocycles. The zero-order chi connectivity index (χ0) is 20.6. The molecule has 146 valence electrons. The average molecular weight is 387 g/mol. The molecule has 0 aliphatic heterocycles. The molecule has 3 aromatic carbocycles. The number of fused-ring (bicyclic) bond motifs is 1. The van der Waals surface area contributed by atoms with Gasteiger partial charge in [0.2, 0.25) is 0 Å². The van der Waals surface area contributed by atoms with Crippen molar-refractivity contribution in [3.8, 4) is 17.1 Å². The van der Waals surface area contributed by atoms with E-state index < -0.39 is 5.54 Å². The first kappa shape index (κ1) is 18.9. The molecular weight excluding hydrogens is 365 g/mol. The Morgan fingerprint density at radius 3 is 2.31 bits per heavy atom. The molecule has 0 aliphatic carbocycles. The van der Waals surface area contributed by atoms with Gasteiger partial charge in [-0.05, 0) is 49.7 Å². The number of aromatic nitrogens is 2. The summed E-state index contributed by atoms with van der Waals surface area (Å²) < 4.78 is 14.1. The number of halogens is 1. The van der Waals surface area contributed by atoms with Crippen molar-refractivity contribution in [2.75, 3.05) is 11.9 Å². The van der Waals surface area contributed by atoms with Gasteiger partial charge >= 0.3 is 0 Å². The first-order valence-corrected chi connectivity index (χ1v) is 9.43. The summed E-state index contributed by atoms with van der Waals surface area (Å²) in [6.45, 7) is 4.18. The van der Waals surface area contributed by atoms with Crippen LogP contribution >= 0.6 is 0 Å². The number of nitrogens with zero attached hydrogens (tertiary/aromatic N) is 3. The highest BCUT2D eigenvalue weighted by molar-refractivity contribution is 5.91. The van der Waals surface area contributed by atoms with Crippen LogP contribution in [0, 0.1) is 5.82 Å². The Bertz CT molecular complexity index is 1180. The van der Waals surface area contributed by atoms with E-state index in [2.05, 4.69) is 31.0 Å². The summed E-state index contributed by atoms with van der Waals surface area (Å²) in [5.74, 6) is 0.753. The molecule has 0 radical (unpaired) electrons. The number of rotatable bonds is 4. The highest BCUT2D eigenvalue weighted by Crippen LogP contribution is 2.36. The number of anilines is 1. The van der Waals surface area contributed by atoms with E-state index in [-0.39, 0.29) is 11.6 Å². The van der Waals surface area contributed by atoms with Crippen molar-refractivity contribution in [1.82, 2.24) is 9.97 Å². The Labute approximate surface area is 169 Å². The third-order valence-corrected chi connectivity index (χ3v) is 5.42. The second-order valence-corrected chi connectivity index (χ2v) is 7.53. The molecule has 1 N–H and O–H groups in total. The number of benzene rings is 3. The van der Waals surface area contributed by atoms with Gasteiger partial charge in [0.25, 0.3) is 0 Å². The van der Waals surface area contributed by atoms with Gasteiger partial charge in [-0.3, -0.25) is 0 Å². The number of phenolic OH excluding ortho intramolecular Hbond substituents is 1. The summed E-state index contributed by atoms with van der Waals surface area (Å²) in [7, 11) is 1.94. The monoisotopic (exact) mass is 387 g/mol. The lowest BCUT2D eigenvalue weighted by Gasteiger charge is -2.37. The van der Waals surface area contributed by atoms with Gasteiger partial charge in [-0.1, -0.05) is 42.5 Å². The standard InChI is InChI=1S/C24H22FN3O/c1-24(2,16-9-5-4-6-10-16)28(3)23-19-15-17(25)13-14-20(19)26-22(27-23)18-11-7-8-12-21(18)29/h4-15,29H,1-3H3. The van der Waals surface area contributed by atoms with Crippen LogP contribution in [0.15, 0.2) is 72.8 Å². The summed E-state index contributed by atoms with van der Waals surface area (Å²) in [6, 6.07) is 21.5. The molecule has 0 fully saturated rings. The second kappa shape index (κ2) is 7.17. The molecular formula is C24H22FN3O. The van der Waals surface area contributed by atoms with Crippen LogP contribution in [0.3, 0.4) is 0 Å². The fourth-order valence-electron chi connectivity index (χ4n) is 3.43. The fourth-order valence-corrected chi connectivity index (χ4v) is 3.43. The molecule has 0 bridgehead atoms. The fraction of sp³-hybridized carbons (Fsp3) is 0.167. The molecule has 4 rings (SSSR count). The largest absolute Gasteiger partial charge is 0.507 e. The van der Waals surface area contributed by atoms with E-state index in [1.165, 1.54) is 12.1 Å². The minimum absolute atomic E-state index is 0.102. The summed E-state index contributed by atoms with van der Waals surface area (Å²) in [4.78, 5) is 11.4. The van der Waals surface area contributed by atoms with Gasteiger partial charge < -0.3 is 10.0 Å². The van der Waals surface area contributed by atoms with E-state index in [0.29, 0.717) is 28.1 Å². The second-order valence-electron chi connectivity index (χ2n) is 7.53. The minimum atomic E-state index is -0.412. The Morgan fingerprint density at radius 2 is 1.59 bits per heavy atom. The maximum Gasteiger partial charge on any atom is 0.165 e. The summed E-state index contributed by atoms with van der Waals surface area (Å²) in [5, 5.41) is 10.9. The summed E-state index contributed by atoms with van der Waals surface area (Å²) >= 11 is 0. The molecule has 1 aromatic heterocycles. The van der Waals surface area contributed by atoms with Crippen LogP contribution < -0.4 is 4.90 Å². The van der Waals surface area contributed by atoms with Crippen LogP contribution in [-0.2, 0) is 5.54 Å². The molecule has 0 saturated carbocycles. The lowest BCUT2D eigenvalue weighted by Crippen LogP contribution is -2.39. The van der Waals surface area contributed by atoms with Crippen LogP contribution in [-0.4, -0.2) is 22.1 Å². The van der Waals surface area contributed by atoms with Gasteiger partial charge in [-0.15, -0.1) is 0 Å². The third-order valence-electron chi connectivity index (χ3n) is 5.42. The maximum absolute atomic E-state index is 14.1. The van der Waals surface area contributed by atoms with E-state index in [1.807, 2.05) is 36.2 Å². The van der Waals surface area contributed by atoms with E-state index >= 15 is 0 Å². The Morgan fingerprint density at radius 1 is 0.897 bits per heavy atom. The molecule has 4 nitrogen and oxygen atoms in total. The topological polar surface area (TPSA) is 49.2 Å². The molecule has 5 heteroatoms. The van der Waals surface area contributed by atoms with Gasteiger partial charge in [0.05, 0.1) is 16.6 Å². The first-order valence-electron chi connectivity index (χ1n) is 9.43. The normalized spacial score (nSPS) is 11.6. The lowest BCUT2D eigenvalue weighted by atomic mass is 9.92. The first-order chi connectivity index (χ1) is 13.9. The van der Waals surface area contributed by atoms with Crippen molar-refractivity contribution in [3.63, 3.8) is 0 Å². The average Bonchev–Trinajstić information content (AvgIpc) is 2.73. The number of phenols is 1. The highest BCUT2D eigenvalue weighted by Gasteiger charge is 2.29. The Kier molecular flexibility index (Phi) is 4.66. The van der Waals surface area contributed by atoms with Gasteiger partial charge in [0, 0.05) is 12.4 Å². The summed E-state index contributed by atoms with van der Waals surface area (Å²) in [5.41, 5.74) is 1.84. The van der Waals surface area contributed by atoms with Crippen LogP contribution in [0.25, 0.3) is 22.3 Å². The summed E-state index contributed by atoms with van der Waals surface area (Å²) in [6.07, 6.45) is 0. The molecule has 0 amide bonds. The molecule has 0 atom stereocenters. The molecule has 1 heterocycles. The lowest BCUT2D eigenvalue weighted by molar-refractivity contribution is 0.477. The molecule has 0 unspecified atom stereocenters. The van der Waals surface area contributed by atoms with Crippen molar-refractivity contribution in [2.24, 2.45) is 0 Å². The quantitative estimate of drug-likeness (QED) is 0.501. The smallest absolute Gasteiger partial charge is 0.165 e. The Hall–Kier alpha value is -3.47. The molecule has 29 heavy (non-hydrogen) atoms. The zero-order valence-electron chi connectivity index (χ0n) is 16.6. The van der Waals surface area contributed by atoms with Crippen molar-refractivity contribution in [1.29, 1.82) is 0 Å². The number of aromatic hydroxyl groups is 1. The molecule has 0 aliphatic rings. The number of hydrogen-bond donors (Lipinski definition) is 1. The van der Waals surface area contributed by atoms with Gasteiger partial charge in [0.15, 0.2) is 5.82 Å². The highest BCUT2D eigenvalue weighted by atomic mass is 19.1. The SMILES string of the molecule is CN(c1nc(-c2ccccc2O)nc2ccc(F)cc12)C(C)(C)c1ccccc1. The predicted molar refractivity (Wildman–Crippen MR) is 114 cm³/mol. The van der Waals surface area contributed by atoms with Crippen LogP contribution in [0.2, 0.25) is 0 Å². The van der Waals surface area contributed by atoms with Crippen molar-refractivity contribution >= 4 is 16.7 Å². The van der Waals surface area contributed by atoms with Crippen LogP contribution in [0.1, 0.15) is 19.4 Å². The predicted octanol–water partition coefficient (Wildman–Crippen LogP) is 5.51. The zero-order valence-corrected chi connectivity index (χ0v) is 16.6. The van der Waals surface area contributed by atoms with E-state index in [1.54, 1.807) is 24.3 Å². The maximum atomic E-state index is 14.1. The van der Waals surface area contributed by atoms with Crippen molar-refractivity contribution in [3.05, 3.63) is 84.2 Å². The number of hydrogen-bond acceptors (Lipinski definition) is 4. The number of para-hydroxylation sites is 1. The van der Waals surface area contributed by atoms with Gasteiger partial charge in [-0.25, -0.2) is 14.4 Å². The van der Waals surface area contributed by atoms with E-state index in [0.717, 1.165) is 5.56 Å². The van der Waals surface area contributed by atoms with Crippen LogP contribution in [0.4, 0.5) is 10.2 Å². The van der Waals surface area contributed by atoms with E-state index in [9.17, 15) is 9.50 Å². The van der Waals surface area contributed by atoms with Crippen molar-refractivity contribution < 1.29 is 9.50 Å². The van der Waals surface area contributed by atoms with Crippen molar-refractivity contribution in [2.45, 2.75) is 19.4 Å². The minimum Gasteiger partial charge on any atom is -0.507 e. The van der Waals surface area contributed by atoms with Gasteiger partial charge in [0.1, 0.15) is 17.4 Å². The Balaban J connectivity index is 1.95. The third kappa shape index (κ3) is 3.40. The molecule has 4 aromatic rings. The van der Waals surface area contributed by atoms with Gasteiger partial charge in [-0.2, -0.15) is 0 Å².